The topological polar surface area (TPSA) is 67.6 Å². The first-order valence-electron chi connectivity index (χ1n) is 7.37. The molecule has 0 aliphatic carbocycles. The van der Waals surface area contributed by atoms with Crippen molar-refractivity contribution in [1.29, 1.82) is 0 Å². The van der Waals surface area contributed by atoms with Crippen LogP contribution in [0.2, 0.25) is 10.0 Å². The van der Waals surface area contributed by atoms with E-state index in [0.29, 0.717) is 40.7 Å². The fourth-order valence-electron chi connectivity index (χ4n) is 2.65. The Labute approximate surface area is 143 Å². The van der Waals surface area contributed by atoms with Crippen molar-refractivity contribution in [3.8, 4) is 0 Å². The average Bonchev–Trinajstić information content (AvgIpc) is 2.53. The fourth-order valence-corrected chi connectivity index (χ4v) is 2.97. The molecule has 0 spiro atoms. The van der Waals surface area contributed by atoms with E-state index >= 15 is 0 Å². The number of fused-ring (bicyclic) bond motifs is 1. The molecular formula is C15H17Cl2N3O3. The lowest BCUT2D eigenvalue weighted by Crippen LogP contribution is -2.42. The molecule has 1 aliphatic heterocycles. The van der Waals surface area contributed by atoms with Gasteiger partial charge in [-0.3, -0.25) is 14.3 Å². The van der Waals surface area contributed by atoms with Gasteiger partial charge in [0.1, 0.15) is 0 Å². The van der Waals surface area contributed by atoms with E-state index < -0.39 is 6.10 Å². The van der Waals surface area contributed by atoms with Gasteiger partial charge in [0, 0.05) is 19.6 Å². The van der Waals surface area contributed by atoms with Crippen LogP contribution in [-0.4, -0.2) is 58.5 Å². The molecule has 1 aromatic heterocycles. The highest BCUT2D eigenvalue weighted by Crippen LogP contribution is 2.25. The zero-order valence-electron chi connectivity index (χ0n) is 12.4. The molecule has 1 N–H and O–H groups in total. The zero-order chi connectivity index (χ0) is 16.4. The number of aliphatic hydroxyl groups excluding tert-OH is 1. The minimum Gasteiger partial charge on any atom is -0.390 e. The van der Waals surface area contributed by atoms with Crippen LogP contribution in [0.3, 0.4) is 0 Å². The number of rotatable bonds is 4. The minimum absolute atomic E-state index is 0.180. The summed E-state index contributed by atoms with van der Waals surface area (Å²) in [7, 11) is 0. The van der Waals surface area contributed by atoms with Crippen molar-refractivity contribution >= 4 is 34.1 Å². The van der Waals surface area contributed by atoms with Gasteiger partial charge in [-0.1, -0.05) is 23.2 Å². The maximum absolute atomic E-state index is 12.5. The number of hydrogen-bond donors (Lipinski definition) is 1. The lowest BCUT2D eigenvalue weighted by molar-refractivity contribution is 0.0113. The van der Waals surface area contributed by atoms with Crippen LogP contribution in [0, 0.1) is 0 Å². The maximum atomic E-state index is 12.5. The first-order chi connectivity index (χ1) is 11.0. The van der Waals surface area contributed by atoms with Crippen LogP contribution in [0.25, 0.3) is 10.9 Å². The largest absolute Gasteiger partial charge is 0.390 e. The highest BCUT2D eigenvalue weighted by Gasteiger charge is 2.16. The predicted octanol–water partition coefficient (Wildman–Crippen LogP) is 1.40. The van der Waals surface area contributed by atoms with Gasteiger partial charge < -0.3 is 9.84 Å². The van der Waals surface area contributed by atoms with E-state index in [-0.39, 0.29) is 12.1 Å². The van der Waals surface area contributed by atoms with Gasteiger partial charge in [-0.15, -0.1) is 0 Å². The van der Waals surface area contributed by atoms with Gasteiger partial charge in [0.2, 0.25) is 0 Å². The molecule has 0 bridgehead atoms. The molecule has 1 fully saturated rings. The number of hydrogen-bond acceptors (Lipinski definition) is 5. The summed E-state index contributed by atoms with van der Waals surface area (Å²) in [5, 5.41) is 11.3. The second kappa shape index (κ2) is 7.15. The van der Waals surface area contributed by atoms with E-state index in [1.54, 1.807) is 6.07 Å². The standard InChI is InChI=1S/C15H17Cl2N3O3/c16-12-5-11-14(6-13(12)17)18-9-20(15(11)22)8-10(21)7-19-1-3-23-4-2-19/h5-6,9-10,21H,1-4,7-8H2. The Morgan fingerprint density at radius 2 is 1.91 bits per heavy atom. The summed E-state index contributed by atoms with van der Waals surface area (Å²) in [4.78, 5) is 18.8. The van der Waals surface area contributed by atoms with Gasteiger partial charge >= 0.3 is 0 Å². The lowest BCUT2D eigenvalue weighted by atomic mass is 10.2. The van der Waals surface area contributed by atoms with E-state index in [1.165, 1.54) is 17.0 Å². The number of benzene rings is 1. The molecule has 1 unspecified atom stereocenters. The smallest absolute Gasteiger partial charge is 0.261 e. The second-order valence-electron chi connectivity index (χ2n) is 5.55. The molecule has 0 amide bonds. The van der Waals surface area contributed by atoms with Crippen molar-refractivity contribution in [1.82, 2.24) is 14.5 Å². The van der Waals surface area contributed by atoms with Crippen LogP contribution in [-0.2, 0) is 11.3 Å². The van der Waals surface area contributed by atoms with E-state index in [1.807, 2.05) is 0 Å². The Hall–Kier alpha value is -1.18. The van der Waals surface area contributed by atoms with Gasteiger partial charge in [0.25, 0.3) is 5.56 Å². The van der Waals surface area contributed by atoms with Crippen molar-refractivity contribution in [3.05, 3.63) is 38.9 Å². The Balaban J connectivity index is 1.78. The Bertz CT molecular complexity index is 759. The Kier molecular flexibility index (Phi) is 5.18. The lowest BCUT2D eigenvalue weighted by Gasteiger charge is -2.28. The van der Waals surface area contributed by atoms with Crippen molar-refractivity contribution in [2.75, 3.05) is 32.8 Å². The number of nitrogens with zero attached hydrogens (tertiary/aromatic N) is 3. The Morgan fingerprint density at radius 1 is 1.22 bits per heavy atom. The minimum atomic E-state index is -0.659. The van der Waals surface area contributed by atoms with Gasteiger partial charge in [-0.05, 0) is 12.1 Å². The molecule has 1 atom stereocenters. The van der Waals surface area contributed by atoms with Crippen molar-refractivity contribution < 1.29 is 9.84 Å². The molecule has 23 heavy (non-hydrogen) atoms. The SMILES string of the molecule is O=c1c2cc(Cl)c(Cl)cc2ncn1CC(O)CN1CCOCC1. The molecule has 2 heterocycles. The number of aliphatic hydroxyl groups is 1. The van der Waals surface area contributed by atoms with Crippen molar-refractivity contribution in [2.45, 2.75) is 12.6 Å². The third-order valence-electron chi connectivity index (χ3n) is 3.85. The molecular weight excluding hydrogens is 341 g/mol. The van der Waals surface area contributed by atoms with E-state index in [0.717, 1.165) is 13.1 Å². The summed E-state index contributed by atoms with van der Waals surface area (Å²) in [5.41, 5.74) is 0.248. The summed E-state index contributed by atoms with van der Waals surface area (Å²) < 4.78 is 6.68. The van der Waals surface area contributed by atoms with Crippen LogP contribution in [0.4, 0.5) is 0 Å². The summed E-state index contributed by atoms with van der Waals surface area (Å²) in [6, 6.07) is 3.08. The monoisotopic (exact) mass is 357 g/mol. The number of halogens is 2. The quantitative estimate of drug-likeness (QED) is 0.895. The molecule has 124 valence electrons. The van der Waals surface area contributed by atoms with Crippen LogP contribution in [0.15, 0.2) is 23.3 Å². The maximum Gasteiger partial charge on any atom is 0.261 e. The van der Waals surface area contributed by atoms with Gasteiger partial charge in [-0.25, -0.2) is 4.98 Å². The summed E-state index contributed by atoms with van der Waals surface area (Å²) in [6.07, 6.45) is 0.769. The highest BCUT2D eigenvalue weighted by atomic mass is 35.5. The van der Waals surface area contributed by atoms with Crippen molar-refractivity contribution in [3.63, 3.8) is 0 Å². The van der Waals surface area contributed by atoms with Gasteiger partial charge in [0.15, 0.2) is 0 Å². The number of β-amino-alcohol motifs (C(OH)–C–C–N with tert-alkyl or cyclic N) is 1. The molecule has 1 aliphatic rings. The third-order valence-corrected chi connectivity index (χ3v) is 4.57. The summed E-state index contributed by atoms with van der Waals surface area (Å²) >= 11 is 11.9. The molecule has 8 heteroatoms. The summed E-state index contributed by atoms with van der Waals surface area (Å²) in [6.45, 7) is 3.59. The molecule has 6 nitrogen and oxygen atoms in total. The van der Waals surface area contributed by atoms with E-state index in [9.17, 15) is 9.90 Å². The van der Waals surface area contributed by atoms with Crippen LogP contribution in [0.5, 0.6) is 0 Å². The normalized spacial score (nSPS) is 17.5. The molecule has 0 saturated carbocycles. The first-order valence-corrected chi connectivity index (χ1v) is 8.12. The number of aromatic nitrogens is 2. The van der Waals surface area contributed by atoms with Gasteiger partial charge in [0.05, 0.1) is 53.1 Å². The molecule has 1 aromatic carbocycles. The fraction of sp³-hybridized carbons (Fsp3) is 0.467. The molecule has 0 radical (unpaired) electrons. The second-order valence-corrected chi connectivity index (χ2v) is 6.37. The van der Waals surface area contributed by atoms with Gasteiger partial charge in [-0.2, -0.15) is 0 Å². The van der Waals surface area contributed by atoms with Crippen molar-refractivity contribution in [2.24, 2.45) is 0 Å². The third kappa shape index (κ3) is 3.84. The summed E-state index contributed by atoms with van der Waals surface area (Å²) in [5.74, 6) is 0. The average molecular weight is 358 g/mol. The molecule has 1 saturated heterocycles. The predicted molar refractivity (Wildman–Crippen MR) is 89.3 cm³/mol. The molecule has 2 aromatic rings. The number of morpholine rings is 1. The van der Waals surface area contributed by atoms with E-state index in [2.05, 4.69) is 9.88 Å². The Morgan fingerprint density at radius 3 is 2.65 bits per heavy atom. The van der Waals surface area contributed by atoms with Crippen LogP contribution in [0.1, 0.15) is 0 Å². The molecule has 3 rings (SSSR count). The van der Waals surface area contributed by atoms with E-state index in [4.69, 9.17) is 27.9 Å². The highest BCUT2D eigenvalue weighted by molar-refractivity contribution is 6.42. The number of ether oxygens (including phenoxy) is 1. The van der Waals surface area contributed by atoms with Crippen LogP contribution < -0.4 is 5.56 Å². The zero-order valence-corrected chi connectivity index (χ0v) is 13.9. The van der Waals surface area contributed by atoms with Crippen LogP contribution >= 0.6 is 23.2 Å². The first kappa shape index (κ1) is 16.7.